The van der Waals surface area contributed by atoms with Gasteiger partial charge < -0.3 is 14.8 Å². The van der Waals surface area contributed by atoms with Crippen LogP contribution >= 0.6 is 0 Å². The number of benzene rings is 1. The Morgan fingerprint density at radius 2 is 2.00 bits per heavy atom. The van der Waals surface area contributed by atoms with E-state index in [0.29, 0.717) is 5.52 Å². The normalized spacial score (nSPS) is 10.9. The van der Waals surface area contributed by atoms with Gasteiger partial charge in [0.25, 0.3) is 0 Å². The maximum atomic E-state index is 9.47. The summed E-state index contributed by atoms with van der Waals surface area (Å²) in [6.45, 7) is 1.84. The number of aromatic hydroxyl groups is 2. The predicted octanol–water partition coefficient (Wildman–Crippen LogP) is 1.29. The van der Waals surface area contributed by atoms with Crippen molar-refractivity contribution in [3.63, 3.8) is 0 Å². The van der Waals surface area contributed by atoms with Crippen LogP contribution in [0.5, 0.6) is 11.5 Å². The fourth-order valence-corrected chi connectivity index (χ4v) is 1.35. The van der Waals surface area contributed by atoms with Crippen LogP contribution in [0.4, 0.5) is 0 Å². The number of hydrogen-bond acceptors (Lipinski definition) is 3. The van der Waals surface area contributed by atoms with E-state index in [-0.39, 0.29) is 11.5 Å². The van der Waals surface area contributed by atoms with Crippen molar-refractivity contribution in [3.05, 3.63) is 18.0 Å². The zero-order valence-corrected chi connectivity index (χ0v) is 7.44. The van der Waals surface area contributed by atoms with Crippen LogP contribution < -0.4 is 0 Å². The predicted molar refractivity (Wildman–Crippen MR) is 48.8 cm³/mol. The topological polar surface area (TPSA) is 58.3 Å². The monoisotopic (exact) mass is 178 g/mol. The molecule has 0 aliphatic heterocycles. The molecule has 0 bridgehead atoms. The minimum atomic E-state index is -0.152. The summed E-state index contributed by atoms with van der Waals surface area (Å²) < 4.78 is 1.86. The molecule has 0 radical (unpaired) electrons. The summed E-state index contributed by atoms with van der Waals surface area (Å²) in [5.41, 5.74) is 1.26. The SMILES string of the molecule is Cc1nc2c(O)c(O)ccc2n1C. The summed E-state index contributed by atoms with van der Waals surface area (Å²) in [7, 11) is 1.86. The molecule has 0 unspecified atom stereocenters. The smallest absolute Gasteiger partial charge is 0.185 e. The average Bonchev–Trinajstić information content (AvgIpc) is 2.38. The number of nitrogens with zero attached hydrogens (tertiary/aromatic N) is 2. The zero-order chi connectivity index (χ0) is 9.59. The lowest BCUT2D eigenvalue weighted by atomic mass is 10.2. The molecule has 1 heterocycles. The lowest BCUT2D eigenvalue weighted by Crippen LogP contribution is -1.89. The Kier molecular flexibility index (Phi) is 1.45. The maximum Gasteiger partial charge on any atom is 0.185 e. The quantitative estimate of drug-likeness (QED) is 0.597. The van der Waals surface area contributed by atoms with E-state index in [1.54, 1.807) is 6.07 Å². The third-order valence-electron chi connectivity index (χ3n) is 2.23. The number of aromatic nitrogens is 2. The minimum absolute atomic E-state index is 0.134. The van der Waals surface area contributed by atoms with Crippen molar-refractivity contribution in [2.75, 3.05) is 0 Å². The first-order valence-corrected chi connectivity index (χ1v) is 3.95. The second-order valence-electron chi connectivity index (χ2n) is 3.02. The van der Waals surface area contributed by atoms with E-state index in [9.17, 15) is 10.2 Å². The number of aryl methyl sites for hydroxylation is 2. The fourth-order valence-electron chi connectivity index (χ4n) is 1.35. The summed E-state index contributed by atoms with van der Waals surface area (Å²) in [5, 5.41) is 18.7. The summed E-state index contributed by atoms with van der Waals surface area (Å²) >= 11 is 0. The van der Waals surface area contributed by atoms with Gasteiger partial charge >= 0.3 is 0 Å². The number of phenols is 2. The largest absolute Gasteiger partial charge is 0.504 e. The Morgan fingerprint density at radius 3 is 2.69 bits per heavy atom. The highest BCUT2D eigenvalue weighted by atomic mass is 16.3. The summed E-state index contributed by atoms with van der Waals surface area (Å²) in [4.78, 5) is 4.13. The Hall–Kier alpha value is -1.71. The molecule has 0 saturated carbocycles. The molecule has 4 nitrogen and oxygen atoms in total. The van der Waals surface area contributed by atoms with E-state index in [4.69, 9.17) is 0 Å². The number of hydrogen-bond donors (Lipinski definition) is 2. The average molecular weight is 178 g/mol. The molecular formula is C9H10N2O2. The van der Waals surface area contributed by atoms with Crippen LogP contribution in [-0.4, -0.2) is 19.8 Å². The molecule has 13 heavy (non-hydrogen) atoms. The van der Waals surface area contributed by atoms with Crippen molar-refractivity contribution < 1.29 is 10.2 Å². The van der Waals surface area contributed by atoms with Crippen molar-refractivity contribution in [2.24, 2.45) is 7.05 Å². The first kappa shape index (κ1) is 7.91. The Bertz CT molecular complexity index is 474. The van der Waals surface area contributed by atoms with Gasteiger partial charge in [-0.2, -0.15) is 0 Å². The highest BCUT2D eigenvalue weighted by molar-refractivity contribution is 5.84. The van der Waals surface area contributed by atoms with Gasteiger partial charge in [0, 0.05) is 7.05 Å². The number of imidazole rings is 1. The molecule has 1 aromatic heterocycles. The first-order valence-electron chi connectivity index (χ1n) is 3.95. The lowest BCUT2D eigenvalue weighted by Gasteiger charge is -1.98. The minimum Gasteiger partial charge on any atom is -0.504 e. The molecule has 2 aromatic rings. The maximum absolute atomic E-state index is 9.47. The molecule has 0 atom stereocenters. The Morgan fingerprint density at radius 1 is 1.31 bits per heavy atom. The van der Waals surface area contributed by atoms with Gasteiger partial charge in [0.15, 0.2) is 11.5 Å². The lowest BCUT2D eigenvalue weighted by molar-refractivity contribution is 0.407. The third-order valence-corrected chi connectivity index (χ3v) is 2.23. The van der Waals surface area contributed by atoms with E-state index in [1.165, 1.54) is 6.07 Å². The summed E-state index contributed by atoms with van der Waals surface area (Å²) in [6.07, 6.45) is 0. The van der Waals surface area contributed by atoms with E-state index in [0.717, 1.165) is 11.3 Å². The van der Waals surface area contributed by atoms with Gasteiger partial charge in [0.2, 0.25) is 0 Å². The fraction of sp³-hybridized carbons (Fsp3) is 0.222. The molecule has 0 saturated heterocycles. The van der Waals surface area contributed by atoms with Gasteiger partial charge in [0.05, 0.1) is 5.52 Å². The van der Waals surface area contributed by atoms with Crippen molar-refractivity contribution in [3.8, 4) is 11.5 Å². The van der Waals surface area contributed by atoms with E-state index < -0.39 is 0 Å². The van der Waals surface area contributed by atoms with Gasteiger partial charge in [-0.15, -0.1) is 0 Å². The summed E-state index contributed by atoms with van der Waals surface area (Å²) in [6, 6.07) is 3.18. The number of phenolic OH excluding ortho intramolecular Hbond substituents is 2. The highest BCUT2D eigenvalue weighted by Crippen LogP contribution is 2.32. The van der Waals surface area contributed by atoms with Crippen LogP contribution in [0.3, 0.4) is 0 Å². The molecule has 0 amide bonds. The molecule has 0 aliphatic carbocycles. The van der Waals surface area contributed by atoms with Crippen LogP contribution in [-0.2, 0) is 7.05 Å². The van der Waals surface area contributed by atoms with Crippen LogP contribution in [0, 0.1) is 6.92 Å². The van der Waals surface area contributed by atoms with Gasteiger partial charge in [0.1, 0.15) is 11.3 Å². The van der Waals surface area contributed by atoms with Gasteiger partial charge in [-0.3, -0.25) is 0 Å². The van der Waals surface area contributed by atoms with Gasteiger partial charge in [-0.05, 0) is 19.1 Å². The second-order valence-corrected chi connectivity index (χ2v) is 3.02. The third kappa shape index (κ3) is 0.950. The standard InChI is InChI=1S/C9H10N2O2/c1-5-10-8-6(11(5)2)3-4-7(12)9(8)13/h3-4,12-13H,1-2H3. The Labute approximate surface area is 75.1 Å². The second kappa shape index (κ2) is 2.39. The van der Waals surface area contributed by atoms with Crippen molar-refractivity contribution in [2.45, 2.75) is 6.92 Å². The molecule has 4 heteroatoms. The van der Waals surface area contributed by atoms with Crippen LogP contribution in [0.2, 0.25) is 0 Å². The first-order chi connectivity index (χ1) is 6.11. The molecule has 0 fully saturated rings. The zero-order valence-electron chi connectivity index (χ0n) is 7.44. The van der Waals surface area contributed by atoms with Gasteiger partial charge in [-0.1, -0.05) is 0 Å². The van der Waals surface area contributed by atoms with Crippen molar-refractivity contribution in [1.29, 1.82) is 0 Å². The summed E-state index contributed by atoms with van der Waals surface area (Å²) in [5.74, 6) is 0.516. The van der Waals surface area contributed by atoms with E-state index in [1.807, 2.05) is 18.5 Å². The molecule has 68 valence electrons. The number of rotatable bonds is 0. The van der Waals surface area contributed by atoms with Crippen LogP contribution in [0.25, 0.3) is 11.0 Å². The van der Waals surface area contributed by atoms with Crippen LogP contribution in [0.1, 0.15) is 5.82 Å². The van der Waals surface area contributed by atoms with Crippen molar-refractivity contribution in [1.82, 2.24) is 9.55 Å². The van der Waals surface area contributed by atoms with Crippen LogP contribution in [0.15, 0.2) is 12.1 Å². The molecule has 0 aliphatic rings. The Balaban J connectivity index is 2.94. The molecular weight excluding hydrogens is 168 g/mol. The molecule has 2 N–H and O–H groups in total. The van der Waals surface area contributed by atoms with E-state index in [2.05, 4.69) is 4.98 Å². The van der Waals surface area contributed by atoms with E-state index >= 15 is 0 Å². The number of fused-ring (bicyclic) bond motifs is 1. The highest BCUT2D eigenvalue weighted by Gasteiger charge is 2.10. The molecule has 1 aromatic carbocycles. The van der Waals surface area contributed by atoms with Gasteiger partial charge in [-0.25, -0.2) is 4.98 Å². The molecule has 0 spiro atoms. The van der Waals surface area contributed by atoms with Crippen molar-refractivity contribution >= 4 is 11.0 Å². The molecule has 2 rings (SSSR count).